The smallest absolute Gasteiger partial charge is 0.234 e. The highest BCUT2D eigenvalue weighted by atomic mass is 35.5. The summed E-state index contributed by atoms with van der Waals surface area (Å²) in [6.45, 7) is 9.58. The molecular weight excluding hydrogens is 508 g/mol. The van der Waals surface area contributed by atoms with Crippen LogP contribution in [-0.2, 0) is 23.2 Å². The van der Waals surface area contributed by atoms with Crippen molar-refractivity contribution in [1.82, 2.24) is 19.6 Å². The molecule has 1 saturated carbocycles. The Balaban J connectivity index is 1.25. The van der Waals surface area contributed by atoms with Gasteiger partial charge in [-0.2, -0.15) is 5.10 Å². The molecule has 0 radical (unpaired) electrons. The fourth-order valence-electron chi connectivity index (χ4n) is 7.06. The van der Waals surface area contributed by atoms with E-state index in [2.05, 4.69) is 11.8 Å². The minimum Gasteiger partial charge on any atom is -0.485 e. The van der Waals surface area contributed by atoms with Crippen molar-refractivity contribution in [2.75, 3.05) is 19.6 Å². The third-order valence-corrected chi connectivity index (χ3v) is 10.4. The van der Waals surface area contributed by atoms with Crippen molar-refractivity contribution in [2.24, 2.45) is 24.3 Å². The highest BCUT2D eigenvalue weighted by Gasteiger charge is 2.72. The molecule has 0 spiro atoms. The molecule has 4 unspecified atom stereocenters. The van der Waals surface area contributed by atoms with Crippen LogP contribution in [0, 0.1) is 24.2 Å². The van der Waals surface area contributed by atoms with E-state index in [1.807, 2.05) is 43.8 Å². The number of benzene rings is 1. The molecule has 1 aromatic carbocycles. The summed E-state index contributed by atoms with van der Waals surface area (Å²) in [7, 11) is 1.95. The number of aryl methyl sites for hydroxylation is 2. The van der Waals surface area contributed by atoms with Gasteiger partial charge < -0.3 is 4.74 Å². The van der Waals surface area contributed by atoms with Crippen LogP contribution in [0.2, 0.25) is 5.02 Å². The minimum atomic E-state index is -0.199. The summed E-state index contributed by atoms with van der Waals surface area (Å²) in [5.41, 5.74) is 3.41. The van der Waals surface area contributed by atoms with Gasteiger partial charge in [-0.1, -0.05) is 25.4 Å². The first-order valence-corrected chi connectivity index (χ1v) is 14.3. The Hall–Kier alpha value is -2.42. The van der Waals surface area contributed by atoms with Crippen molar-refractivity contribution in [1.29, 1.82) is 0 Å². The van der Waals surface area contributed by atoms with Gasteiger partial charge in [0.25, 0.3) is 0 Å². The zero-order valence-corrected chi connectivity index (χ0v) is 23.2. The summed E-state index contributed by atoms with van der Waals surface area (Å²) in [4.78, 5) is 30.7. The number of fused-ring (bicyclic) bond motifs is 4. The number of carbonyl (C=O) groups excluding carboxylic acids is 2. The number of halogens is 1. The maximum absolute atomic E-state index is 12.9. The molecule has 2 aromatic heterocycles. The molecule has 3 aromatic rings. The summed E-state index contributed by atoms with van der Waals surface area (Å²) < 4.78 is 9.83. The van der Waals surface area contributed by atoms with Crippen molar-refractivity contribution in [3.05, 3.63) is 33.7 Å². The maximum atomic E-state index is 12.9. The second-order valence-corrected chi connectivity index (χ2v) is 13.5. The number of thiophene rings is 1. The van der Waals surface area contributed by atoms with E-state index in [1.165, 1.54) is 4.90 Å². The SMILES string of the molecule is Cc1cc(Cl)cc(-c2c3sc(CN4C(=O)C5C(C4=O)C5(C)C)cc3nn2C)c1OC12CCCN(CC1)C2. The molecule has 7 rings (SSSR count). The lowest BCUT2D eigenvalue weighted by atomic mass is 9.94. The average Bonchev–Trinajstić information content (AvgIpc) is 3.19. The molecule has 0 N–H and O–H groups in total. The monoisotopic (exact) mass is 538 g/mol. The predicted octanol–water partition coefficient (Wildman–Crippen LogP) is 5.02. The van der Waals surface area contributed by atoms with Crippen LogP contribution < -0.4 is 4.74 Å². The highest BCUT2D eigenvalue weighted by molar-refractivity contribution is 7.19. The fourth-order valence-corrected chi connectivity index (χ4v) is 8.51. The first-order chi connectivity index (χ1) is 17.6. The average molecular weight is 539 g/mol. The fraction of sp³-hybridized carbons (Fsp3) is 0.536. The van der Waals surface area contributed by atoms with Crippen LogP contribution in [0.25, 0.3) is 21.5 Å². The quantitative estimate of drug-likeness (QED) is 0.427. The van der Waals surface area contributed by atoms with Crippen LogP contribution in [0.4, 0.5) is 0 Å². The second-order valence-electron chi connectivity index (χ2n) is 12.0. The molecular formula is C28H31ClN4O3S. The number of hydrogen-bond donors (Lipinski definition) is 0. The van der Waals surface area contributed by atoms with Crippen LogP contribution in [0.3, 0.4) is 0 Å². The number of ether oxygens (including phenoxy) is 1. The second kappa shape index (κ2) is 7.80. The van der Waals surface area contributed by atoms with Gasteiger partial charge in [0.1, 0.15) is 16.9 Å². The molecule has 1 aliphatic carbocycles. The summed E-state index contributed by atoms with van der Waals surface area (Å²) in [6.07, 6.45) is 3.25. The normalized spacial score (nSPS) is 29.9. The van der Waals surface area contributed by atoms with Crippen LogP contribution in [-0.4, -0.2) is 56.6 Å². The van der Waals surface area contributed by atoms with E-state index in [0.717, 1.165) is 76.6 Å². The van der Waals surface area contributed by atoms with Gasteiger partial charge in [0.2, 0.25) is 11.8 Å². The van der Waals surface area contributed by atoms with Gasteiger partial charge in [0.05, 0.1) is 28.8 Å². The minimum absolute atomic E-state index is 0.0367. The third-order valence-electron chi connectivity index (χ3n) is 9.08. The van der Waals surface area contributed by atoms with E-state index in [0.29, 0.717) is 11.6 Å². The van der Waals surface area contributed by atoms with E-state index in [-0.39, 0.29) is 34.7 Å². The summed E-state index contributed by atoms with van der Waals surface area (Å²) in [5, 5.41) is 5.46. The number of piperidine rings is 2. The Bertz CT molecular complexity index is 1460. The summed E-state index contributed by atoms with van der Waals surface area (Å²) in [6, 6.07) is 5.96. The number of imide groups is 1. The maximum Gasteiger partial charge on any atom is 0.234 e. The molecule has 2 amide bonds. The van der Waals surface area contributed by atoms with Gasteiger partial charge in [-0.05, 0) is 55.5 Å². The zero-order chi connectivity index (χ0) is 25.9. The van der Waals surface area contributed by atoms with E-state index in [1.54, 1.807) is 11.3 Å². The van der Waals surface area contributed by atoms with Gasteiger partial charge in [-0.25, -0.2) is 0 Å². The van der Waals surface area contributed by atoms with Gasteiger partial charge in [-0.3, -0.25) is 24.1 Å². The lowest BCUT2D eigenvalue weighted by Gasteiger charge is -2.35. The Labute approximate surface area is 225 Å². The van der Waals surface area contributed by atoms with Crippen LogP contribution in [0.5, 0.6) is 5.75 Å². The standard InChI is InChI=1S/C28H31ClN4O3S/c1-15-10-16(29)11-18(23(15)36-28-6-5-8-32(14-28)9-7-28)22-24-19(30-31(22)4)12-17(37-24)13-33-25(34)20-21(26(33)35)27(20,2)3/h10-12,20-21H,5-9,13-14H2,1-4H3. The van der Waals surface area contributed by atoms with Gasteiger partial charge in [0, 0.05) is 42.0 Å². The molecule has 3 saturated heterocycles. The van der Waals surface area contributed by atoms with E-state index in [9.17, 15) is 9.59 Å². The van der Waals surface area contributed by atoms with Gasteiger partial charge >= 0.3 is 0 Å². The topological polar surface area (TPSA) is 67.7 Å². The Morgan fingerprint density at radius 1 is 1.14 bits per heavy atom. The number of aromatic nitrogens is 2. The van der Waals surface area contributed by atoms with Crippen molar-refractivity contribution in [3.8, 4) is 17.0 Å². The molecule has 2 bridgehead atoms. The number of carbonyl (C=O) groups is 2. The Kier molecular flexibility index (Phi) is 4.99. The molecule has 4 fully saturated rings. The molecule has 5 heterocycles. The van der Waals surface area contributed by atoms with Gasteiger partial charge in [-0.15, -0.1) is 11.3 Å². The van der Waals surface area contributed by atoms with E-state index in [4.69, 9.17) is 21.4 Å². The highest BCUT2D eigenvalue weighted by Crippen LogP contribution is 2.63. The lowest BCUT2D eigenvalue weighted by Crippen LogP contribution is -2.43. The third kappa shape index (κ3) is 3.45. The molecule has 3 aliphatic heterocycles. The number of nitrogens with zero attached hydrogens (tertiary/aromatic N) is 4. The van der Waals surface area contributed by atoms with E-state index < -0.39 is 0 Å². The number of likely N-dealkylation sites (tertiary alicyclic amines) is 1. The van der Waals surface area contributed by atoms with Gasteiger partial charge in [0.15, 0.2) is 0 Å². The summed E-state index contributed by atoms with van der Waals surface area (Å²) in [5.74, 6) is 0.477. The van der Waals surface area contributed by atoms with Crippen LogP contribution >= 0.6 is 22.9 Å². The summed E-state index contributed by atoms with van der Waals surface area (Å²) >= 11 is 8.17. The Morgan fingerprint density at radius 2 is 1.89 bits per heavy atom. The largest absolute Gasteiger partial charge is 0.485 e. The first-order valence-electron chi connectivity index (χ1n) is 13.1. The number of amides is 2. The molecule has 194 valence electrons. The zero-order valence-electron chi connectivity index (χ0n) is 21.6. The molecule has 4 aliphatic rings. The van der Waals surface area contributed by atoms with Crippen molar-refractivity contribution in [3.63, 3.8) is 0 Å². The van der Waals surface area contributed by atoms with Crippen molar-refractivity contribution < 1.29 is 14.3 Å². The van der Waals surface area contributed by atoms with Crippen molar-refractivity contribution in [2.45, 2.75) is 52.2 Å². The molecule has 9 heteroatoms. The number of hydrogen-bond acceptors (Lipinski definition) is 6. The van der Waals surface area contributed by atoms with Crippen LogP contribution in [0.1, 0.15) is 43.6 Å². The van der Waals surface area contributed by atoms with E-state index >= 15 is 0 Å². The van der Waals surface area contributed by atoms with Crippen LogP contribution in [0.15, 0.2) is 18.2 Å². The molecule has 37 heavy (non-hydrogen) atoms. The predicted molar refractivity (Wildman–Crippen MR) is 144 cm³/mol. The molecule has 4 atom stereocenters. The lowest BCUT2D eigenvalue weighted by molar-refractivity contribution is -0.143. The first kappa shape index (κ1) is 23.7. The number of rotatable bonds is 5. The van der Waals surface area contributed by atoms with Crippen molar-refractivity contribution >= 4 is 45.0 Å². The Morgan fingerprint density at radius 3 is 2.65 bits per heavy atom. The molecule has 7 nitrogen and oxygen atoms in total.